The molecule has 0 aromatic heterocycles. The number of carboxylic acid groups (broad SMARTS) is 1. The van der Waals surface area contributed by atoms with E-state index in [1.54, 1.807) is 0 Å². The van der Waals surface area contributed by atoms with E-state index in [9.17, 15) is 4.79 Å². The molecule has 78 valence electrons. The molecule has 0 saturated carbocycles. The number of rotatable bonds is 2. The Bertz CT molecular complexity index is 393. The molecule has 1 aliphatic rings. The highest BCUT2D eigenvalue weighted by Gasteiger charge is 2.15. The van der Waals surface area contributed by atoms with Crippen molar-refractivity contribution < 1.29 is 9.90 Å². The van der Waals surface area contributed by atoms with Crippen molar-refractivity contribution in [3.05, 3.63) is 47.5 Å². The molecule has 2 rings (SSSR count). The van der Waals surface area contributed by atoms with Crippen molar-refractivity contribution in [2.45, 2.75) is 19.3 Å². The van der Waals surface area contributed by atoms with E-state index >= 15 is 0 Å². The Morgan fingerprint density at radius 3 is 2.80 bits per heavy atom. The largest absolute Gasteiger partial charge is 0.478 e. The predicted octanol–water partition coefficient (Wildman–Crippen LogP) is 2.43. The molecule has 0 radical (unpaired) electrons. The summed E-state index contributed by atoms with van der Waals surface area (Å²) in [6, 6.07) is 8.40. The topological polar surface area (TPSA) is 37.3 Å². The molecular formula is C13H14O2. The zero-order valence-corrected chi connectivity index (χ0v) is 8.52. The van der Waals surface area contributed by atoms with E-state index in [1.807, 2.05) is 12.1 Å². The number of benzene rings is 1. The molecule has 0 heterocycles. The molecule has 1 aromatic carbocycles. The monoisotopic (exact) mass is 202 g/mol. The average Bonchev–Trinajstić information content (AvgIpc) is 2.26. The highest BCUT2D eigenvalue weighted by atomic mass is 16.4. The fraction of sp³-hybridized carbons (Fsp3) is 0.308. The Labute approximate surface area is 89.2 Å². The molecule has 1 aromatic rings. The van der Waals surface area contributed by atoms with Gasteiger partial charge in [0.2, 0.25) is 0 Å². The molecule has 15 heavy (non-hydrogen) atoms. The SMILES string of the molecule is O=C(O)/C=C/C1CCc2ccccc2C1. The number of carbonyl (C=O) groups is 1. The fourth-order valence-electron chi connectivity index (χ4n) is 2.11. The van der Waals surface area contributed by atoms with Gasteiger partial charge in [0.1, 0.15) is 0 Å². The van der Waals surface area contributed by atoms with E-state index in [0.29, 0.717) is 5.92 Å². The molecule has 2 heteroatoms. The first-order valence-electron chi connectivity index (χ1n) is 5.23. The molecule has 1 atom stereocenters. The molecule has 0 fully saturated rings. The summed E-state index contributed by atoms with van der Waals surface area (Å²) in [6.45, 7) is 0. The van der Waals surface area contributed by atoms with Crippen LogP contribution in [0, 0.1) is 5.92 Å². The molecule has 0 aliphatic heterocycles. The summed E-state index contributed by atoms with van der Waals surface area (Å²) in [4.78, 5) is 10.4. The number of hydrogen-bond donors (Lipinski definition) is 1. The van der Waals surface area contributed by atoms with Crippen LogP contribution in [0.5, 0.6) is 0 Å². The molecule has 0 amide bonds. The number of carboxylic acids is 1. The van der Waals surface area contributed by atoms with Crippen LogP contribution in [-0.4, -0.2) is 11.1 Å². The van der Waals surface area contributed by atoms with Gasteiger partial charge in [-0.05, 0) is 36.3 Å². The maximum atomic E-state index is 10.4. The van der Waals surface area contributed by atoms with Gasteiger partial charge in [0.05, 0.1) is 0 Å². The Morgan fingerprint density at radius 2 is 2.07 bits per heavy atom. The average molecular weight is 202 g/mol. The Balaban J connectivity index is 2.09. The maximum absolute atomic E-state index is 10.4. The van der Waals surface area contributed by atoms with Crippen LogP contribution in [0.4, 0.5) is 0 Å². The van der Waals surface area contributed by atoms with Gasteiger partial charge in [-0.2, -0.15) is 0 Å². The van der Waals surface area contributed by atoms with Crippen molar-refractivity contribution in [2.75, 3.05) is 0 Å². The minimum Gasteiger partial charge on any atom is -0.478 e. The second-order valence-electron chi connectivity index (χ2n) is 3.97. The van der Waals surface area contributed by atoms with Crippen LogP contribution < -0.4 is 0 Å². The van der Waals surface area contributed by atoms with Crippen LogP contribution in [-0.2, 0) is 17.6 Å². The summed E-state index contributed by atoms with van der Waals surface area (Å²) in [5, 5.41) is 8.55. The van der Waals surface area contributed by atoms with Gasteiger partial charge in [-0.25, -0.2) is 4.79 Å². The third kappa shape index (κ3) is 2.46. The van der Waals surface area contributed by atoms with Crippen molar-refractivity contribution in [3.8, 4) is 0 Å². The first kappa shape index (κ1) is 9.97. The van der Waals surface area contributed by atoms with Gasteiger partial charge >= 0.3 is 5.97 Å². The van der Waals surface area contributed by atoms with Crippen molar-refractivity contribution in [2.24, 2.45) is 5.92 Å². The fourth-order valence-corrected chi connectivity index (χ4v) is 2.11. The molecule has 1 aliphatic carbocycles. The lowest BCUT2D eigenvalue weighted by Crippen LogP contribution is -2.12. The van der Waals surface area contributed by atoms with Crippen molar-refractivity contribution in [3.63, 3.8) is 0 Å². The highest BCUT2D eigenvalue weighted by Crippen LogP contribution is 2.25. The van der Waals surface area contributed by atoms with Gasteiger partial charge in [0.25, 0.3) is 0 Å². The molecule has 2 nitrogen and oxygen atoms in total. The summed E-state index contributed by atoms with van der Waals surface area (Å²) in [6.07, 6.45) is 6.17. The van der Waals surface area contributed by atoms with Crippen LogP contribution in [0.1, 0.15) is 17.5 Å². The maximum Gasteiger partial charge on any atom is 0.327 e. The van der Waals surface area contributed by atoms with Gasteiger partial charge in [0.15, 0.2) is 0 Å². The van der Waals surface area contributed by atoms with E-state index in [4.69, 9.17) is 5.11 Å². The predicted molar refractivity (Wildman–Crippen MR) is 58.7 cm³/mol. The Morgan fingerprint density at radius 1 is 1.33 bits per heavy atom. The summed E-state index contributed by atoms with van der Waals surface area (Å²) >= 11 is 0. The van der Waals surface area contributed by atoms with Crippen LogP contribution in [0.2, 0.25) is 0 Å². The number of aliphatic carboxylic acids is 1. The van der Waals surface area contributed by atoms with Crippen LogP contribution in [0.25, 0.3) is 0 Å². The van der Waals surface area contributed by atoms with E-state index in [1.165, 1.54) is 17.2 Å². The normalized spacial score (nSPS) is 20.1. The molecule has 1 N–H and O–H groups in total. The zero-order chi connectivity index (χ0) is 10.7. The molecule has 1 unspecified atom stereocenters. The second kappa shape index (κ2) is 4.30. The number of allylic oxidation sites excluding steroid dienone is 1. The number of aryl methyl sites for hydroxylation is 1. The van der Waals surface area contributed by atoms with Gasteiger partial charge in [-0.15, -0.1) is 0 Å². The standard InChI is InChI=1S/C13H14O2/c14-13(15)8-6-10-5-7-11-3-1-2-4-12(11)9-10/h1-4,6,8,10H,5,7,9H2,(H,14,15)/b8-6+. The van der Waals surface area contributed by atoms with E-state index in [0.717, 1.165) is 19.3 Å². The summed E-state index contributed by atoms with van der Waals surface area (Å²) in [7, 11) is 0. The number of hydrogen-bond acceptors (Lipinski definition) is 1. The minimum absolute atomic E-state index is 0.385. The van der Waals surface area contributed by atoms with E-state index < -0.39 is 5.97 Å². The van der Waals surface area contributed by atoms with Gasteiger partial charge in [-0.1, -0.05) is 30.3 Å². The second-order valence-corrected chi connectivity index (χ2v) is 3.97. The minimum atomic E-state index is -0.853. The first-order valence-corrected chi connectivity index (χ1v) is 5.23. The third-order valence-electron chi connectivity index (χ3n) is 2.90. The van der Waals surface area contributed by atoms with Crippen LogP contribution in [0.3, 0.4) is 0 Å². The quantitative estimate of drug-likeness (QED) is 0.748. The zero-order valence-electron chi connectivity index (χ0n) is 8.52. The molecule has 0 saturated heterocycles. The lowest BCUT2D eigenvalue weighted by molar-refractivity contribution is -0.131. The third-order valence-corrected chi connectivity index (χ3v) is 2.90. The molecule has 0 spiro atoms. The summed E-state index contributed by atoms with van der Waals surface area (Å²) in [5.41, 5.74) is 2.78. The van der Waals surface area contributed by atoms with Crippen molar-refractivity contribution >= 4 is 5.97 Å². The Kier molecular flexibility index (Phi) is 2.86. The van der Waals surface area contributed by atoms with E-state index in [2.05, 4.69) is 18.2 Å². The molecule has 0 bridgehead atoms. The van der Waals surface area contributed by atoms with Crippen LogP contribution >= 0.6 is 0 Å². The van der Waals surface area contributed by atoms with Crippen molar-refractivity contribution in [1.29, 1.82) is 0 Å². The van der Waals surface area contributed by atoms with E-state index in [-0.39, 0.29) is 0 Å². The van der Waals surface area contributed by atoms with Gasteiger partial charge < -0.3 is 5.11 Å². The summed E-state index contributed by atoms with van der Waals surface area (Å²) < 4.78 is 0. The molecular weight excluding hydrogens is 188 g/mol. The van der Waals surface area contributed by atoms with Gasteiger partial charge in [0, 0.05) is 6.08 Å². The summed E-state index contributed by atoms with van der Waals surface area (Å²) in [5.74, 6) is -0.468. The van der Waals surface area contributed by atoms with Crippen LogP contribution in [0.15, 0.2) is 36.4 Å². The Hall–Kier alpha value is -1.57. The lowest BCUT2D eigenvalue weighted by Gasteiger charge is -2.21. The lowest BCUT2D eigenvalue weighted by atomic mass is 9.84. The van der Waals surface area contributed by atoms with Crippen molar-refractivity contribution in [1.82, 2.24) is 0 Å². The number of fused-ring (bicyclic) bond motifs is 1. The first-order chi connectivity index (χ1) is 7.25. The van der Waals surface area contributed by atoms with Gasteiger partial charge in [-0.3, -0.25) is 0 Å². The smallest absolute Gasteiger partial charge is 0.327 e. The highest BCUT2D eigenvalue weighted by molar-refractivity contribution is 5.79.